The molecule has 1 N–H and O–H groups in total. The molecule has 1 heterocycles. The Morgan fingerprint density at radius 1 is 1.04 bits per heavy atom. The number of hydrogen-bond donors (Lipinski definition) is 1. The number of anilines is 1. The van der Waals surface area contributed by atoms with Crippen molar-refractivity contribution in [1.29, 1.82) is 0 Å². The van der Waals surface area contributed by atoms with Crippen molar-refractivity contribution in [2.24, 2.45) is 5.16 Å². The minimum atomic E-state index is -0.680. The standard InChI is InChI=1S/C19H20N2O5/c1-23-14-7-5-13(6-8-14)20-19(22)18-11-15(21-26-18)12-4-9-16(24-2)17(10-12)25-3/h4-10,18H,11H2,1-3H3,(H,20,22). The Morgan fingerprint density at radius 3 is 2.42 bits per heavy atom. The molecule has 0 bridgehead atoms. The van der Waals surface area contributed by atoms with E-state index in [9.17, 15) is 4.79 Å². The first kappa shape index (κ1) is 17.6. The van der Waals surface area contributed by atoms with Crippen molar-refractivity contribution in [3.63, 3.8) is 0 Å². The molecule has 0 saturated heterocycles. The number of oxime groups is 1. The second kappa shape index (κ2) is 7.77. The van der Waals surface area contributed by atoms with E-state index in [-0.39, 0.29) is 5.91 Å². The van der Waals surface area contributed by atoms with E-state index in [0.29, 0.717) is 29.3 Å². The molecule has 2 aromatic carbocycles. The van der Waals surface area contributed by atoms with Crippen LogP contribution in [-0.2, 0) is 9.63 Å². The Balaban J connectivity index is 1.64. The fraction of sp³-hybridized carbons (Fsp3) is 0.263. The second-order valence-electron chi connectivity index (χ2n) is 5.62. The van der Waals surface area contributed by atoms with E-state index in [1.165, 1.54) is 0 Å². The van der Waals surface area contributed by atoms with Gasteiger partial charge >= 0.3 is 0 Å². The lowest BCUT2D eigenvalue weighted by Crippen LogP contribution is -2.28. The van der Waals surface area contributed by atoms with Gasteiger partial charge in [-0.25, -0.2) is 0 Å². The summed E-state index contributed by atoms with van der Waals surface area (Å²) in [5, 5.41) is 6.86. The molecule has 1 atom stereocenters. The molecule has 1 amide bonds. The van der Waals surface area contributed by atoms with Gasteiger partial charge in [-0.2, -0.15) is 0 Å². The average Bonchev–Trinajstić information content (AvgIpc) is 3.18. The summed E-state index contributed by atoms with van der Waals surface area (Å²) < 4.78 is 15.6. The number of ether oxygens (including phenoxy) is 3. The van der Waals surface area contributed by atoms with Gasteiger partial charge in [0.25, 0.3) is 5.91 Å². The van der Waals surface area contributed by atoms with Crippen LogP contribution in [0.3, 0.4) is 0 Å². The number of nitrogens with zero attached hydrogens (tertiary/aromatic N) is 1. The molecule has 0 spiro atoms. The summed E-state index contributed by atoms with van der Waals surface area (Å²) in [4.78, 5) is 17.7. The lowest BCUT2D eigenvalue weighted by molar-refractivity contribution is -0.125. The number of carbonyl (C=O) groups excluding carboxylic acids is 1. The predicted molar refractivity (Wildman–Crippen MR) is 97.2 cm³/mol. The molecule has 2 aromatic rings. The van der Waals surface area contributed by atoms with E-state index in [2.05, 4.69) is 10.5 Å². The zero-order valence-corrected chi connectivity index (χ0v) is 14.8. The molecule has 7 nitrogen and oxygen atoms in total. The molecular weight excluding hydrogens is 336 g/mol. The van der Waals surface area contributed by atoms with Gasteiger partial charge in [0.2, 0.25) is 6.10 Å². The molecule has 136 valence electrons. The fourth-order valence-electron chi connectivity index (χ4n) is 2.60. The third-order valence-electron chi connectivity index (χ3n) is 4.04. The smallest absolute Gasteiger partial charge is 0.268 e. The van der Waals surface area contributed by atoms with Crippen molar-refractivity contribution < 1.29 is 23.8 Å². The van der Waals surface area contributed by atoms with Crippen LogP contribution in [0.4, 0.5) is 5.69 Å². The highest BCUT2D eigenvalue weighted by atomic mass is 16.6. The first-order chi connectivity index (χ1) is 12.6. The van der Waals surface area contributed by atoms with E-state index in [0.717, 1.165) is 11.3 Å². The fourth-order valence-corrected chi connectivity index (χ4v) is 2.60. The maximum absolute atomic E-state index is 12.4. The van der Waals surface area contributed by atoms with Gasteiger partial charge in [0, 0.05) is 17.7 Å². The number of amides is 1. The minimum absolute atomic E-state index is 0.255. The van der Waals surface area contributed by atoms with Crippen LogP contribution in [0.5, 0.6) is 17.2 Å². The SMILES string of the molecule is COc1ccc(NC(=O)C2CC(c3ccc(OC)c(OC)c3)=NO2)cc1. The van der Waals surface area contributed by atoms with E-state index in [4.69, 9.17) is 19.0 Å². The van der Waals surface area contributed by atoms with Crippen LogP contribution < -0.4 is 19.5 Å². The molecule has 0 aromatic heterocycles. The molecule has 0 aliphatic carbocycles. The quantitative estimate of drug-likeness (QED) is 0.861. The predicted octanol–water partition coefficient (Wildman–Crippen LogP) is 2.84. The molecule has 1 aliphatic heterocycles. The number of hydrogen-bond acceptors (Lipinski definition) is 6. The molecule has 3 rings (SSSR count). The summed E-state index contributed by atoms with van der Waals surface area (Å²) in [7, 11) is 4.74. The lowest BCUT2D eigenvalue weighted by Gasteiger charge is -2.10. The maximum atomic E-state index is 12.4. The number of benzene rings is 2. The molecular formula is C19H20N2O5. The first-order valence-electron chi connectivity index (χ1n) is 8.04. The van der Waals surface area contributed by atoms with Gasteiger partial charge in [0.1, 0.15) is 5.75 Å². The summed E-state index contributed by atoms with van der Waals surface area (Å²) in [6.45, 7) is 0. The van der Waals surface area contributed by atoms with Crippen LogP contribution >= 0.6 is 0 Å². The number of carbonyl (C=O) groups is 1. The summed E-state index contributed by atoms with van der Waals surface area (Å²) in [5.41, 5.74) is 2.17. The Morgan fingerprint density at radius 2 is 1.77 bits per heavy atom. The van der Waals surface area contributed by atoms with E-state index < -0.39 is 6.10 Å². The molecule has 7 heteroatoms. The van der Waals surface area contributed by atoms with E-state index >= 15 is 0 Å². The highest BCUT2D eigenvalue weighted by Crippen LogP contribution is 2.29. The number of methoxy groups -OCH3 is 3. The van der Waals surface area contributed by atoms with E-state index in [1.807, 2.05) is 12.1 Å². The Hall–Kier alpha value is -3.22. The lowest BCUT2D eigenvalue weighted by atomic mass is 10.0. The van der Waals surface area contributed by atoms with E-state index in [1.54, 1.807) is 51.7 Å². The highest BCUT2D eigenvalue weighted by molar-refractivity contribution is 6.06. The molecule has 1 unspecified atom stereocenters. The van der Waals surface area contributed by atoms with Gasteiger partial charge in [-0.3, -0.25) is 4.79 Å². The van der Waals surface area contributed by atoms with Crippen LogP contribution in [0.2, 0.25) is 0 Å². The van der Waals surface area contributed by atoms with Gasteiger partial charge < -0.3 is 24.4 Å². The van der Waals surface area contributed by atoms with Crippen molar-refractivity contribution in [3.05, 3.63) is 48.0 Å². The molecule has 0 fully saturated rings. The third-order valence-corrected chi connectivity index (χ3v) is 4.04. The Labute approximate surface area is 151 Å². The van der Waals surface area contributed by atoms with Gasteiger partial charge in [-0.1, -0.05) is 5.16 Å². The average molecular weight is 356 g/mol. The summed E-state index contributed by atoms with van der Waals surface area (Å²) in [6, 6.07) is 12.5. The van der Waals surface area contributed by atoms with Crippen molar-refractivity contribution >= 4 is 17.3 Å². The minimum Gasteiger partial charge on any atom is -0.497 e. The van der Waals surface area contributed by atoms with Gasteiger partial charge in [0.15, 0.2) is 11.5 Å². The van der Waals surface area contributed by atoms with Crippen molar-refractivity contribution in [3.8, 4) is 17.2 Å². The first-order valence-corrected chi connectivity index (χ1v) is 8.04. The Kier molecular flexibility index (Phi) is 5.26. The summed E-state index contributed by atoms with van der Waals surface area (Å²) >= 11 is 0. The van der Waals surface area contributed by atoms with Crippen LogP contribution in [-0.4, -0.2) is 39.1 Å². The third kappa shape index (κ3) is 3.72. The molecule has 1 aliphatic rings. The van der Waals surface area contributed by atoms with Crippen molar-refractivity contribution in [2.75, 3.05) is 26.6 Å². The maximum Gasteiger partial charge on any atom is 0.268 e. The largest absolute Gasteiger partial charge is 0.497 e. The topological polar surface area (TPSA) is 78.4 Å². The molecule has 0 radical (unpaired) electrons. The van der Waals surface area contributed by atoms with Gasteiger partial charge in [-0.05, 0) is 42.5 Å². The number of rotatable bonds is 6. The van der Waals surface area contributed by atoms with Gasteiger partial charge in [-0.15, -0.1) is 0 Å². The van der Waals surface area contributed by atoms with Crippen LogP contribution in [0.15, 0.2) is 47.6 Å². The normalized spacial score (nSPS) is 15.7. The zero-order chi connectivity index (χ0) is 18.5. The summed E-state index contributed by atoms with van der Waals surface area (Å²) in [5.74, 6) is 1.69. The van der Waals surface area contributed by atoms with Crippen LogP contribution in [0.1, 0.15) is 12.0 Å². The molecule has 26 heavy (non-hydrogen) atoms. The van der Waals surface area contributed by atoms with Crippen LogP contribution in [0, 0.1) is 0 Å². The van der Waals surface area contributed by atoms with Crippen molar-refractivity contribution in [1.82, 2.24) is 0 Å². The monoisotopic (exact) mass is 356 g/mol. The van der Waals surface area contributed by atoms with Crippen LogP contribution in [0.25, 0.3) is 0 Å². The highest BCUT2D eigenvalue weighted by Gasteiger charge is 2.29. The zero-order valence-electron chi connectivity index (χ0n) is 14.8. The number of nitrogens with one attached hydrogen (secondary N) is 1. The molecule has 0 saturated carbocycles. The van der Waals surface area contributed by atoms with Crippen molar-refractivity contribution in [2.45, 2.75) is 12.5 Å². The second-order valence-corrected chi connectivity index (χ2v) is 5.62. The Bertz CT molecular complexity index is 817. The summed E-state index contributed by atoms with van der Waals surface area (Å²) in [6.07, 6.45) is -0.308. The van der Waals surface area contributed by atoms with Gasteiger partial charge in [0.05, 0.1) is 27.0 Å².